The predicted molar refractivity (Wildman–Crippen MR) is 176 cm³/mol. The van der Waals surface area contributed by atoms with Gasteiger partial charge in [-0.05, 0) is 66.1 Å². The van der Waals surface area contributed by atoms with Crippen LogP contribution in [0.1, 0.15) is 41.5 Å². The number of anilines is 1. The maximum absolute atomic E-state index is 13.7. The van der Waals surface area contributed by atoms with E-state index in [-0.39, 0.29) is 48.1 Å². The van der Waals surface area contributed by atoms with Gasteiger partial charge >= 0.3 is 0 Å². The standard InChI is InChI=1S/C33H37ClN4O4S.ClH/c1-43(41,42)38-22-33(28-8-4-5-9-30(28)38)14-16-37(17-15-33)31(39)20-27(18-23-10-12-26(34)13-11-23)36-32(40)29-19-24-6-2-3-7-25(24)21-35-29;/h2-13,27,29,35H,14-22H2,1H3,(H,36,40);1H/t27-,29-;/m1./s1. The number of nitrogens with zero attached hydrogens (tertiary/aromatic N) is 2. The molecular formula is C33H38Cl2N4O4S. The number of sulfonamides is 1. The number of carbonyl (C=O) groups excluding carboxylic acids is 2. The number of nitrogens with one attached hydrogen (secondary N) is 2. The molecule has 0 unspecified atom stereocenters. The van der Waals surface area contributed by atoms with Crippen LogP contribution in [0.5, 0.6) is 0 Å². The number of halogens is 2. The first-order chi connectivity index (χ1) is 20.6. The number of fused-ring (bicyclic) bond motifs is 3. The summed E-state index contributed by atoms with van der Waals surface area (Å²) in [5, 5.41) is 7.16. The highest BCUT2D eigenvalue weighted by molar-refractivity contribution is 7.92. The van der Waals surface area contributed by atoms with Gasteiger partial charge in [0.2, 0.25) is 21.8 Å². The number of para-hydroxylation sites is 1. The molecular weight excluding hydrogens is 619 g/mol. The molecule has 0 aromatic heterocycles. The van der Waals surface area contributed by atoms with Gasteiger partial charge in [0.1, 0.15) is 0 Å². The molecule has 0 aliphatic carbocycles. The number of likely N-dealkylation sites (tertiary alicyclic amines) is 1. The molecule has 1 fully saturated rings. The Hall–Kier alpha value is -3.11. The van der Waals surface area contributed by atoms with E-state index in [1.165, 1.54) is 16.1 Å². The van der Waals surface area contributed by atoms with Crippen LogP contribution in [-0.4, -0.2) is 63.1 Å². The second kappa shape index (κ2) is 13.1. The van der Waals surface area contributed by atoms with Crippen LogP contribution in [0.2, 0.25) is 5.02 Å². The molecule has 1 saturated heterocycles. The number of rotatable bonds is 7. The summed E-state index contributed by atoms with van der Waals surface area (Å²) in [6.07, 6.45) is 3.90. The van der Waals surface area contributed by atoms with E-state index in [0.29, 0.717) is 56.9 Å². The number of benzene rings is 3. The van der Waals surface area contributed by atoms with Crippen molar-refractivity contribution in [1.82, 2.24) is 15.5 Å². The minimum absolute atomic E-state index is 0. The SMILES string of the molecule is CS(=O)(=O)N1CC2(CCN(C(=O)C[C@@H](Cc3ccc(Cl)cc3)NC(=O)[C@H]3Cc4ccccc4CN3)CC2)c2ccccc21.Cl. The van der Waals surface area contributed by atoms with E-state index in [9.17, 15) is 18.0 Å². The van der Waals surface area contributed by atoms with Gasteiger partial charge in [-0.2, -0.15) is 0 Å². The van der Waals surface area contributed by atoms with E-state index in [4.69, 9.17) is 11.6 Å². The number of carbonyl (C=O) groups is 2. The number of hydrogen-bond acceptors (Lipinski definition) is 5. The molecule has 3 aliphatic rings. The molecule has 3 aliphatic heterocycles. The van der Waals surface area contributed by atoms with Gasteiger partial charge in [-0.3, -0.25) is 13.9 Å². The van der Waals surface area contributed by atoms with Crippen LogP contribution in [0.25, 0.3) is 0 Å². The van der Waals surface area contributed by atoms with Crippen LogP contribution < -0.4 is 14.9 Å². The Balaban J connectivity index is 0.00000384. The first kappa shape index (κ1) is 32.3. The van der Waals surface area contributed by atoms with Crippen molar-refractivity contribution in [2.45, 2.75) is 56.1 Å². The van der Waals surface area contributed by atoms with Crippen molar-refractivity contribution in [3.05, 3.63) is 100 Å². The van der Waals surface area contributed by atoms with Gasteiger partial charge in [-0.1, -0.05) is 66.2 Å². The number of amides is 2. The van der Waals surface area contributed by atoms with E-state index in [1.54, 1.807) is 0 Å². The fourth-order valence-electron chi connectivity index (χ4n) is 6.85. The zero-order chi connectivity index (χ0) is 30.2. The number of hydrogen-bond donors (Lipinski definition) is 2. The molecule has 0 radical (unpaired) electrons. The van der Waals surface area contributed by atoms with Gasteiger partial charge in [0, 0.05) is 49.1 Å². The lowest BCUT2D eigenvalue weighted by Gasteiger charge is -2.40. The molecule has 234 valence electrons. The summed E-state index contributed by atoms with van der Waals surface area (Å²) >= 11 is 6.10. The summed E-state index contributed by atoms with van der Waals surface area (Å²) in [5.74, 6) is -0.121. The van der Waals surface area contributed by atoms with Crippen molar-refractivity contribution < 1.29 is 18.0 Å². The molecule has 0 saturated carbocycles. The van der Waals surface area contributed by atoms with Crippen molar-refractivity contribution in [2.75, 3.05) is 30.2 Å². The summed E-state index contributed by atoms with van der Waals surface area (Å²) in [6, 6.07) is 22.6. The third-order valence-electron chi connectivity index (χ3n) is 9.22. The molecule has 3 aromatic carbocycles. The Morgan fingerprint density at radius 3 is 2.36 bits per heavy atom. The van der Waals surface area contributed by atoms with Crippen LogP contribution in [0.3, 0.4) is 0 Å². The van der Waals surface area contributed by atoms with Crippen LogP contribution in [0.15, 0.2) is 72.8 Å². The summed E-state index contributed by atoms with van der Waals surface area (Å²) in [7, 11) is -3.41. The van der Waals surface area contributed by atoms with Gasteiger partial charge in [0.05, 0.1) is 18.0 Å². The Labute approximate surface area is 270 Å². The molecule has 44 heavy (non-hydrogen) atoms. The smallest absolute Gasteiger partial charge is 0.237 e. The topological polar surface area (TPSA) is 98.8 Å². The Morgan fingerprint density at radius 2 is 1.66 bits per heavy atom. The molecule has 3 heterocycles. The first-order valence-corrected chi connectivity index (χ1v) is 17.0. The molecule has 11 heteroatoms. The van der Waals surface area contributed by atoms with Gasteiger partial charge in [-0.25, -0.2) is 8.42 Å². The quantitative estimate of drug-likeness (QED) is 0.397. The van der Waals surface area contributed by atoms with E-state index in [0.717, 1.165) is 22.4 Å². The van der Waals surface area contributed by atoms with Crippen LogP contribution >= 0.6 is 24.0 Å². The summed E-state index contributed by atoms with van der Waals surface area (Å²) in [5.41, 5.74) is 4.83. The Bertz CT molecular complexity index is 1620. The average Bonchev–Trinajstić information content (AvgIpc) is 3.32. The van der Waals surface area contributed by atoms with Crippen molar-refractivity contribution in [3.63, 3.8) is 0 Å². The minimum atomic E-state index is -3.41. The van der Waals surface area contributed by atoms with Crippen LogP contribution in [0.4, 0.5) is 5.69 Å². The van der Waals surface area contributed by atoms with E-state index >= 15 is 0 Å². The summed E-state index contributed by atoms with van der Waals surface area (Å²) in [4.78, 5) is 29.0. The molecule has 6 rings (SSSR count). The van der Waals surface area contributed by atoms with Gasteiger partial charge < -0.3 is 15.5 Å². The fourth-order valence-corrected chi connectivity index (χ4v) is 7.98. The zero-order valence-electron chi connectivity index (χ0n) is 24.7. The Kier molecular flexibility index (Phi) is 9.61. The van der Waals surface area contributed by atoms with E-state index < -0.39 is 10.0 Å². The summed E-state index contributed by atoms with van der Waals surface area (Å²) < 4.78 is 26.6. The number of piperidine rings is 1. The maximum atomic E-state index is 13.7. The maximum Gasteiger partial charge on any atom is 0.237 e. The third kappa shape index (κ3) is 6.76. The predicted octanol–water partition coefficient (Wildman–Crippen LogP) is 4.23. The lowest BCUT2D eigenvalue weighted by molar-refractivity contribution is -0.133. The molecule has 0 bridgehead atoms. The highest BCUT2D eigenvalue weighted by Crippen LogP contribution is 2.47. The molecule has 2 amide bonds. The largest absolute Gasteiger partial charge is 0.351 e. The summed E-state index contributed by atoms with van der Waals surface area (Å²) in [6.45, 7) is 2.10. The Morgan fingerprint density at radius 1 is 1.00 bits per heavy atom. The van der Waals surface area contributed by atoms with E-state index in [2.05, 4.69) is 22.8 Å². The van der Waals surface area contributed by atoms with E-state index in [1.807, 2.05) is 65.6 Å². The molecule has 2 atom stereocenters. The van der Waals surface area contributed by atoms with Crippen LogP contribution in [0, 0.1) is 0 Å². The normalized spacial score (nSPS) is 19.5. The van der Waals surface area contributed by atoms with Crippen LogP contribution in [-0.2, 0) is 44.4 Å². The monoisotopic (exact) mass is 656 g/mol. The highest BCUT2D eigenvalue weighted by Gasteiger charge is 2.47. The van der Waals surface area contributed by atoms with Gasteiger partial charge in [0.25, 0.3) is 0 Å². The lowest BCUT2D eigenvalue weighted by Crippen LogP contribution is -2.52. The zero-order valence-corrected chi connectivity index (χ0v) is 27.1. The highest BCUT2D eigenvalue weighted by atomic mass is 35.5. The van der Waals surface area contributed by atoms with Crippen molar-refractivity contribution in [1.29, 1.82) is 0 Å². The average molecular weight is 658 g/mol. The van der Waals surface area contributed by atoms with Crippen molar-refractivity contribution in [3.8, 4) is 0 Å². The molecule has 2 N–H and O–H groups in total. The second-order valence-corrected chi connectivity index (χ2v) is 14.4. The fraction of sp³-hybridized carbons (Fsp3) is 0.394. The third-order valence-corrected chi connectivity index (χ3v) is 10.6. The molecule has 1 spiro atoms. The first-order valence-electron chi connectivity index (χ1n) is 14.8. The van der Waals surface area contributed by atoms with Crippen molar-refractivity contribution in [2.24, 2.45) is 0 Å². The second-order valence-electron chi connectivity index (χ2n) is 12.1. The lowest BCUT2D eigenvalue weighted by atomic mass is 9.74. The molecule has 3 aromatic rings. The minimum Gasteiger partial charge on any atom is -0.351 e. The van der Waals surface area contributed by atoms with Crippen molar-refractivity contribution >= 4 is 51.5 Å². The van der Waals surface area contributed by atoms with Gasteiger partial charge in [-0.15, -0.1) is 12.4 Å². The molecule has 8 nitrogen and oxygen atoms in total. The van der Waals surface area contributed by atoms with Gasteiger partial charge in [0.15, 0.2) is 0 Å².